The van der Waals surface area contributed by atoms with Crippen molar-refractivity contribution in [1.29, 1.82) is 5.26 Å². The van der Waals surface area contributed by atoms with E-state index in [1.54, 1.807) is 11.0 Å². The number of carbonyl (C=O) groups excluding carboxylic acids is 1. The second kappa shape index (κ2) is 10.3. The third-order valence-corrected chi connectivity index (χ3v) is 5.77. The zero-order valence-corrected chi connectivity index (χ0v) is 19.5. The van der Waals surface area contributed by atoms with E-state index in [1.165, 1.54) is 0 Å². The first-order chi connectivity index (χ1) is 16.8. The molecule has 180 valence electrons. The number of nitrogens with zero attached hydrogens (tertiary/aromatic N) is 4. The Morgan fingerprint density at radius 2 is 1.89 bits per heavy atom. The van der Waals surface area contributed by atoms with Crippen LogP contribution in [0.25, 0.3) is 22.8 Å². The van der Waals surface area contributed by atoms with Crippen LogP contribution in [0.5, 0.6) is 0 Å². The second-order valence-electron chi connectivity index (χ2n) is 8.62. The van der Waals surface area contributed by atoms with Gasteiger partial charge in [0.05, 0.1) is 11.3 Å². The number of rotatable bonds is 6. The van der Waals surface area contributed by atoms with E-state index in [1.807, 2.05) is 44.2 Å². The fourth-order valence-corrected chi connectivity index (χ4v) is 4.04. The van der Waals surface area contributed by atoms with E-state index in [9.17, 15) is 14.9 Å². The summed E-state index contributed by atoms with van der Waals surface area (Å²) in [5.41, 5.74) is 4.93. The van der Waals surface area contributed by atoms with Gasteiger partial charge in [-0.3, -0.25) is 4.79 Å². The molecule has 10 heteroatoms. The third-order valence-electron chi connectivity index (χ3n) is 5.77. The molecule has 2 amide bonds. The summed E-state index contributed by atoms with van der Waals surface area (Å²) in [6.07, 6.45) is 0.106. The van der Waals surface area contributed by atoms with Gasteiger partial charge >= 0.3 is 6.09 Å². The summed E-state index contributed by atoms with van der Waals surface area (Å²) in [5.74, 6) is 0.522. The highest BCUT2D eigenvalue weighted by Gasteiger charge is 2.20. The van der Waals surface area contributed by atoms with Gasteiger partial charge in [-0.2, -0.15) is 10.2 Å². The Bertz CT molecular complexity index is 1290. The average Bonchev–Trinajstić information content (AvgIpc) is 3.23. The van der Waals surface area contributed by atoms with Crippen LogP contribution in [0.2, 0.25) is 0 Å². The van der Waals surface area contributed by atoms with Gasteiger partial charge in [-0.1, -0.05) is 17.3 Å². The quantitative estimate of drug-likeness (QED) is 0.494. The molecule has 0 atom stereocenters. The van der Waals surface area contributed by atoms with Gasteiger partial charge < -0.3 is 25.2 Å². The molecule has 0 spiro atoms. The van der Waals surface area contributed by atoms with Crippen LogP contribution in [0.3, 0.4) is 0 Å². The fraction of sp³-hybridized carbons (Fsp3) is 0.320. The number of carboxylic acid groups (broad SMARTS) is 1. The molecule has 1 aromatic heterocycles. The number of amides is 2. The highest BCUT2D eigenvalue weighted by atomic mass is 16.5. The van der Waals surface area contributed by atoms with E-state index in [0.717, 1.165) is 22.4 Å². The lowest BCUT2D eigenvalue weighted by molar-refractivity contribution is -0.130. The number of carbonyl (C=O) groups is 2. The van der Waals surface area contributed by atoms with Crippen molar-refractivity contribution in [2.24, 2.45) is 0 Å². The van der Waals surface area contributed by atoms with Gasteiger partial charge in [0.1, 0.15) is 12.6 Å². The average molecular weight is 475 g/mol. The number of hydrogen-bond donors (Lipinski definition) is 3. The van der Waals surface area contributed by atoms with Crippen molar-refractivity contribution >= 4 is 17.7 Å². The van der Waals surface area contributed by atoms with Gasteiger partial charge in [-0.25, -0.2) is 4.79 Å². The summed E-state index contributed by atoms with van der Waals surface area (Å²) in [6, 6.07) is 13.7. The van der Waals surface area contributed by atoms with Gasteiger partial charge in [-0.15, -0.1) is 0 Å². The fourth-order valence-electron chi connectivity index (χ4n) is 4.04. The predicted octanol–water partition coefficient (Wildman–Crippen LogP) is 3.29. The molecule has 1 aliphatic rings. The molecule has 3 aromatic rings. The van der Waals surface area contributed by atoms with Crippen LogP contribution in [-0.2, 0) is 17.6 Å². The smallest absolute Gasteiger partial charge is 0.405 e. The molecule has 10 nitrogen and oxygen atoms in total. The minimum absolute atomic E-state index is 0.197. The van der Waals surface area contributed by atoms with E-state index in [4.69, 9.17) is 9.63 Å². The van der Waals surface area contributed by atoms with Crippen LogP contribution in [-0.4, -0.2) is 57.8 Å². The molecular weight excluding hydrogens is 448 g/mol. The van der Waals surface area contributed by atoms with Crippen molar-refractivity contribution in [1.82, 2.24) is 20.4 Å². The maximum Gasteiger partial charge on any atom is 0.405 e. The summed E-state index contributed by atoms with van der Waals surface area (Å²) < 4.78 is 5.49. The molecule has 0 saturated heterocycles. The Morgan fingerprint density at radius 1 is 1.14 bits per heavy atom. The third kappa shape index (κ3) is 5.58. The van der Waals surface area contributed by atoms with E-state index < -0.39 is 6.09 Å². The van der Waals surface area contributed by atoms with Crippen molar-refractivity contribution in [3.63, 3.8) is 0 Å². The largest absolute Gasteiger partial charge is 0.465 e. The summed E-state index contributed by atoms with van der Waals surface area (Å²) in [5, 5.41) is 27.7. The van der Waals surface area contributed by atoms with Crippen molar-refractivity contribution in [3.8, 4) is 28.9 Å². The lowest BCUT2D eigenvalue weighted by atomic mass is 10.00. The number of benzene rings is 2. The van der Waals surface area contributed by atoms with E-state index in [-0.39, 0.29) is 18.5 Å². The Hall–Kier alpha value is -4.39. The van der Waals surface area contributed by atoms with Gasteiger partial charge in [0, 0.05) is 30.3 Å². The molecule has 3 N–H and O–H groups in total. The normalized spacial score (nSPS) is 13.0. The highest BCUT2D eigenvalue weighted by Crippen LogP contribution is 2.28. The van der Waals surface area contributed by atoms with Crippen LogP contribution in [0, 0.1) is 11.3 Å². The summed E-state index contributed by atoms with van der Waals surface area (Å²) in [7, 11) is 0. The zero-order valence-electron chi connectivity index (χ0n) is 19.5. The van der Waals surface area contributed by atoms with Crippen molar-refractivity contribution in [2.75, 3.05) is 25.0 Å². The lowest BCUT2D eigenvalue weighted by Crippen LogP contribution is -2.41. The molecule has 0 unspecified atom stereocenters. The standard InChI is InChI=1S/C25H26N6O4/c1-15(2)28-21-6-5-19(12-20(21)13-26)24-29-23(30-35-24)18-4-3-16-7-9-31(10-8-17(16)11-18)22(32)14-27-25(33)34/h3-6,11-12,15,27-28H,7-10,14H2,1-2H3,(H,33,34). The minimum atomic E-state index is -1.22. The van der Waals surface area contributed by atoms with Crippen LogP contribution < -0.4 is 10.6 Å². The molecular formula is C25H26N6O4. The monoisotopic (exact) mass is 474 g/mol. The first-order valence-corrected chi connectivity index (χ1v) is 11.4. The molecule has 4 rings (SSSR count). The number of aromatic nitrogens is 2. The molecule has 0 saturated carbocycles. The van der Waals surface area contributed by atoms with Gasteiger partial charge in [0.25, 0.3) is 5.89 Å². The van der Waals surface area contributed by atoms with Gasteiger partial charge in [0.2, 0.25) is 11.7 Å². The molecule has 2 aromatic carbocycles. The van der Waals surface area contributed by atoms with Crippen LogP contribution in [0.4, 0.5) is 10.5 Å². The maximum absolute atomic E-state index is 12.3. The van der Waals surface area contributed by atoms with Crippen LogP contribution >= 0.6 is 0 Å². The SMILES string of the molecule is CC(C)Nc1ccc(-c2nc(-c3ccc4c(c3)CCN(C(=O)CNC(=O)O)CC4)no2)cc1C#N. The molecule has 0 radical (unpaired) electrons. The maximum atomic E-state index is 12.3. The molecule has 0 fully saturated rings. The Balaban J connectivity index is 1.50. The Labute approximate surface area is 202 Å². The molecule has 1 aliphatic heterocycles. The number of nitriles is 1. The highest BCUT2D eigenvalue weighted by molar-refractivity contribution is 5.82. The summed E-state index contributed by atoms with van der Waals surface area (Å²) >= 11 is 0. The van der Waals surface area contributed by atoms with Gasteiger partial charge in [-0.05, 0) is 62.1 Å². The topological polar surface area (TPSA) is 144 Å². The molecule has 0 aliphatic carbocycles. The van der Waals surface area contributed by atoms with Crippen molar-refractivity contribution in [2.45, 2.75) is 32.7 Å². The number of fused-ring (bicyclic) bond motifs is 1. The second-order valence-corrected chi connectivity index (χ2v) is 8.62. The van der Waals surface area contributed by atoms with Crippen LogP contribution in [0.1, 0.15) is 30.5 Å². The Morgan fingerprint density at radius 3 is 2.60 bits per heavy atom. The molecule has 35 heavy (non-hydrogen) atoms. The summed E-state index contributed by atoms with van der Waals surface area (Å²) in [6.45, 7) is 4.81. The van der Waals surface area contributed by atoms with E-state index in [0.29, 0.717) is 48.8 Å². The van der Waals surface area contributed by atoms with Gasteiger partial charge in [0.15, 0.2) is 0 Å². The van der Waals surface area contributed by atoms with Crippen molar-refractivity contribution in [3.05, 3.63) is 53.1 Å². The number of hydrogen-bond acceptors (Lipinski definition) is 7. The number of nitrogens with one attached hydrogen (secondary N) is 2. The van der Waals surface area contributed by atoms with E-state index in [2.05, 4.69) is 26.8 Å². The zero-order chi connectivity index (χ0) is 24.9. The lowest BCUT2D eigenvalue weighted by Gasteiger charge is -2.19. The molecule has 2 heterocycles. The first-order valence-electron chi connectivity index (χ1n) is 11.4. The first kappa shape index (κ1) is 23.8. The van der Waals surface area contributed by atoms with Crippen LogP contribution in [0.15, 0.2) is 40.9 Å². The predicted molar refractivity (Wildman–Crippen MR) is 129 cm³/mol. The van der Waals surface area contributed by atoms with E-state index >= 15 is 0 Å². The Kier molecular flexibility index (Phi) is 6.96. The molecule has 0 bridgehead atoms. The minimum Gasteiger partial charge on any atom is -0.465 e. The summed E-state index contributed by atoms with van der Waals surface area (Å²) in [4.78, 5) is 29.2. The number of anilines is 1. The van der Waals surface area contributed by atoms with Crippen molar-refractivity contribution < 1.29 is 19.2 Å².